The van der Waals surface area contributed by atoms with Crippen LogP contribution in [0.15, 0.2) is 22.0 Å². The molecule has 21 heavy (non-hydrogen) atoms. The third-order valence-corrected chi connectivity index (χ3v) is 5.87. The minimum Gasteiger partial charge on any atom is -0.332 e. The number of nitrogens with two attached hydrogens (primary N) is 1. The Morgan fingerprint density at radius 3 is 2.81 bits per heavy atom. The van der Waals surface area contributed by atoms with Crippen molar-refractivity contribution in [1.29, 1.82) is 0 Å². The van der Waals surface area contributed by atoms with Gasteiger partial charge in [0.05, 0.1) is 14.8 Å². The van der Waals surface area contributed by atoms with E-state index in [9.17, 15) is 0 Å². The van der Waals surface area contributed by atoms with E-state index in [4.69, 9.17) is 21.9 Å². The Hall–Kier alpha value is -1.28. The van der Waals surface area contributed by atoms with Crippen molar-refractivity contribution in [3.8, 4) is 21.5 Å². The van der Waals surface area contributed by atoms with Crippen molar-refractivity contribution in [2.75, 3.05) is 0 Å². The lowest BCUT2D eigenvalue weighted by Gasteiger charge is -2.34. The zero-order valence-corrected chi connectivity index (χ0v) is 13.3. The Bertz CT molecular complexity index is 790. The molecule has 0 bridgehead atoms. The number of thiophene rings is 1. The first-order valence-electron chi connectivity index (χ1n) is 6.49. The van der Waals surface area contributed by atoms with Crippen LogP contribution in [0.5, 0.6) is 0 Å². The summed E-state index contributed by atoms with van der Waals surface area (Å²) in [5.41, 5.74) is 6.47. The van der Waals surface area contributed by atoms with E-state index in [-0.39, 0.29) is 0 Å². The summed E-state index contributed by atoms with van der Waals surface area (Å²) in [7, 11) is 0. The van der Waals surface area contributed by atoms with Gasteiger partial charge in [-0.2, -0.15) is 4.98 Å². The van der Waals surface area contributed by atoms with Crippen molar-refractivity contribution in [2.45, 2.75) is 24.8 Å². The zero-order chi connectivity index (χ0) is 14.4. The van der Waals surface area contributed by atoms with Crippen LogP contribution in [0.1, 0.15) is 25.1 Å². The highest BCUT2D eigenvalue weighted by atomic mass is 35.5. The SMILES string of the molecule is NC1(c2noc(-c3csc(-c4ccc(Cl)s4)n3)n2)CCC1. The number of rotatable bonds is 3. The fourth-order valence-electron chi connectivity index (χ4n) is 2.23. The third-order valence-electron chi connectivity index (χ3n) is 3.62. The number of halogens is 1. The predicted octanol–water partition coefficient (Wildman–Crippen LogP) is 3.91. The molecule has 0 unspecified atom stereocenters. The first-order chi connectivity index (χ1) is 10.1. The highest BCUT2D eigenvalue weighted by molar-refractivity contribution is 7.23. The molecule has 0 aliphatic heterocycles. The molecule has 1 fully saturated rings. The van der Waals surface area contributed by atoms with Crippen LogP contribution in [0, 0.1) is 0 Å². The van der Waals surface area contributed by atoms with Crippen molar-refractivity contribution in [2.24, 2.45) is 5.73 Å². The van der Waals surface area contributed by atoms with Crippen molar-refractivity contribution in [1.82, 2.24) is 15.1 Å². The molecule has 2 N–H and O–H groups in total. The first kappa shape index (κ1) is 13.4. The van der Waals surface area contributed by atoms with Crippen LogP contribution in [0.2, 0.25) is 4.34 Å². The van der Waals surface area contributed by atoms with E-state index in [0.29, 0.717) is 17.4 Å². The van der Waals surface area contributed by atoms with Crippen LogP contribution >= 0.6 is 34.3 Å². The molecule has 5 nitrogen and oxygen atoms in total. The van der Waals surface area contributed by atoms with Gasteiger partial charge in [0.2, 0.25) is 0 Å². The van der Waals surface area contributed by atoms with Gasteiger partial charge < -0.3 is 10.3 Å². The van der Waals surface area contributed by atoms with Crippen LogP contribution in [0.25, 0.3) is 21.5 Å². The Kier molecular flexibility index (Phi) is 3.11. The molecular weight excluding hydrogens is 328 g/mol. The van der Waals surface area contributed by atoms with Crippen molar-refractivity contribution >= 4 is 34.3 Å². The van der Waals surface area contributed by atoms with Gasteiger partial charge in [-0.3, -0.25) is 0 Å². The van der Waals surface area contributed by atoms with Crippen LogP contribution in [0.3, 0.4) is 0 Å². The number of hydrogen-bond acceptors (Lipinski definition) is 7. The minimum atomic E-state index is -0.415. The Morgan fingerprint density at radius 1 is 1.29 bits per heavy atom. The second kappa shape index (κ2) is 4.88. The molecule has 4 rings (SSSR count). The van der Waals surface area contributed by atoms with Crippen LogP contribution in [-0.2, 0) is 5.54 Å². The average molecular weight is 339 g/mol. The van der Waals surface area contributed by atoms with E-state index < -0.39 is 5.54 Å². The van der Waals surface area contributed by atoms with Gasteiger partial charge in [0, 0.05) is 5.38 Å². The summed E-state index contributed by atoms with van der Waals surface area (Å²) >= 11 is 8.98. The summed E-state index contributed by atoms with van der Waals surface area (Å²) in [6.07, 6.45) is 2.92. The smallest absolute Gasteiger partial charge is 0.277 e. The second-order valence-corrected chi connectivity index (χ2v) is 7.65. The van der Waals surface area contributed by atoms with Gasteiger partial charge in [0.1, 0.15) is 10.7 Å². The molecule has 1 aliphatic carbocycles. The van der Waals surface area contributed by atoms with Crippen LogP contribution in [-0.4, -0.2) is 15.1 Å². The summed E-state index contributed by atoms with van der Waals surface area (Å²) in [6, 6.07) is 3.82. The van der Waals surface area contributed by atoms with Crippen molar-refractivity contribution in [3.63, 3.8) is 0 Å². The molecular formula is C13H11ClN4OS2. The fourth-order valence-corrected chi connectivity index (χ4v) is 4.13. The van der Waals surface area contributed by atoms with E-state index in [1.807, 2.05) is 17.5 Å². The van der Waals surface area contributed by atoms with E-state index in [1.54, 1.807) is 0 Å². The van der Waals surface area contributed by atoms with E-state index >= 15 is 0 Å². The van der Waals surface area contributed by atoms with Gasteiger partial charge in [-0.1, -0.05) is 16.8 Å². The maximum atomic E-state index is 6.20. The molecule has 1 aliphatic rings. The van der Waals surface area contributed by atoms with Gasteiger partial charge in [-0.25, -0.2) is 4.98 Å². The highest BCUT2D eigenvalue weighted by Crippen LogP contribution is 2.38. The lowest BCUT2D eigenvalue weighted by atomic mass is 9.77. The average Bonchev–Trinajstić information content (AvgIpc) is 3.14. The highest BCUT2D eigenvalue weighted by Gasteiger charge is 2.39. The van der Waals surface area contributed by atoms with Gasteiger partial charge in [0.25, 0.3) is 5.89 Å². The fraction of sp³-hybridized carbons (Fsp3) is 0.308. The van der Waals surface area contributed by atoms with Gasteiger partial charge in [-0.05, 0) is 31.4 Å². The zero-order valence-electron chi connectivity index (χ0n) is 10.9. The maximum Gasteiger partial charge on any atom is 0.277 e. The minimum absolute atomic E-state index is 0.415. The summed E-state index contributed by atoms with van der Waals surface area (Å²) < 4.78 is 6.05. The van der Waals surface area contributed by atoms with E-state index in [0.717, 1.165) is 33.5 Å². The molecule has 0 spiro atoms. The Labute approximate surface area is 133 Å². The summed E-state index contributed by atoms with van der Waals surface area (Å²) in [6.45, 7) is 0. The molecule has 0 amide bonds. The molecule has 3 heterocycles. The largest absolute Gasteiger partial charge is 0.332 e. The molecule has 108 valence electrons. The molecule has 1 saturated carbocycles. The number of hydrogen-bond donors (Lipinski definition) is 1. The van der Waals surface area contributed by atoms with Gasteiger partial charge in [0.15, 0.2) is 5.82 Å². The molecule has 0 aromatic carbocycles. The molecule has 0 saturated heterocycles. The van der Waals surface area contributed by atoms with Crippen LogP contribution in [0.4, 0.5) is 0 Å². The van der Waals surface area contributed by atoms with Crippen molar-refractivity contribution in [3.05, 3.63) is 27.7 Å². The lowest BCUT2D eigenvalue weighted by molar-refractivity contribution is 0.229. The van der Waals surface area contributed by atoms with E-state index in [2.05, 4.69) is 15.1 Å². The monoisotopic (exact) mass is 338 g/mol. The number of nitrogens with zero attached hydrogens (tertiary/aromatic N) is 3. The number of aromatic nitrogens is 3. The molecule has 3 aromatic heterocycles. The Morgan fingerprint density at radius 2 is 2.14 bits per heavy atom. The predicted molar refractivity (Wildman–Crippen MR) is 83.4 cm³/mol. The second-order valence-electron chi connectivity index (χ2n) is 5.07. The first-order valence-corrected chi connectivity index (χ1v) is 8.56. The van der Waals surface area contributed by atoms with E-state index in [1.165, 1.54) is 22.7 Å². The van der Waals surface area contributed by atoms with Gasteiger partial charge in [-0.15, -0.1) is 22.7 Å². The summed E-state index contributed by atoms with van der Waals surface area (Å²) in [4.78, 5) is 9.97. The topological polar surface area (TPSA) is 77.8 Å². The number of thiazole rings is 1. The quantitative estimate of drug-likeness (QED) is 0.783. The van der Waals surface area contributed by atoms with Gasteiger partial charge >= 0.3 is 0 Å². The molecule has 0 radical (unpaired) electrons. The van der Waals surface area contributed by atoms with Crippen molar-refractivity contribution < 1.29 is 4.52 Å². The normalized spacial score (nSPS) is 16.9. The maximum absolute atomic E-state index is 6.20. The standard InChI is InChI=1S/C13H11ClN4OS2/c14-9-3-2-8(21-9)11-16-7(6-20-11)10-17-12(18-19-10)13(15)4-1-5-13/h2-3,6H,1,4-5,15H2. The molecule has 0 atom stereocenters. The summed E-state index contributed by atoms with van der Waals surface area (Å²) in [5, 5.41) is 6.81. The molecule has 8 heteroatoms. The van der Waals surface area contributed by atoms with Crippen LogP contribution < -0.4 is 5.73 Å². The Balaban J connectivity index is 1.64. The molecule has 3 aromatic rings. The summed E-state index contributed by atoms with van der Waals surface area (Å²) in [5.74, 6) is 1.00. The lowest BCUT2D eigenvalue weighted by Crippen LogP contribution is -2.44. The third kappa shape index (κ3) is 2.30.